The number of unbranched alkanes of at least 4 members (excludes halogenated alkanes) is 1. The number of aromatic nitrogens is 1. The van der Waals surface area contributed by atoms with Crippen LogP contribution < -0.4 is 53.6 Å². The lowest BCUT2D eigenvalue weighted by Gasteiger charge is -2.32. The van der Waals surface area contributed by atoms with Crippen LogP contribution in [0.1, 0.15) is 113 Å². The van der Waals surface area contributed by atoms with Crippen molar-refractivity contribution in [1.29, 1.82) is 0 Å². The van der Waals surface area contributed by atoms with Gasteiger partial charge in [-0.2, -0.15) is 0 Å². The van der Waals surface area contributed by atoms with E-state index in [-0.39, 0.29) is 88.0 Å². The largest absolute Gasteiger partial charge is 0.445 e. The summed E-state index contributed by atoms with van der Waals surface area (Å²) >= 11 is 0. The first-order chi connectivity index (χ1) is 40.3. The van der Waals surface area contributed by atoms with Crippen molar-refractivity contribution in [2.24, 2.45) is 28.3 Å². The minimum atomic E-state index is -1.07. The summed E-state index contributed by atoms with van der Waals surface area (Å²) in [5.41, 5.74) is 15.1. The van der Waals surface area contributed by atoms with E-state index in [1.54, 1.807) is 74.7 Å². The van der Waals surface area contributed by atoms with Crippen molar-refractivity contribution in [3.8, 4) is 0 Å². The molecule has 2 atom stereocenters. The molecular formula is C59H78N14O11. The number of imide groups is 1. The molecule has 4 heterocycles. The van der Waals surface area contributed by atoms with Crippen molar-refractivity contribution in [2.45, 2.75) is 111 Å². The van der Waals surface area contributed by atoms with E-state index in [4.69, 9.17) is 16.2 Å². The van der Waals surface area contributed by atoms with Gasteiger partial charge in [0.15, 0.2) is 0 Å². The van der Waals surface area contributed by atoms with E-state index in [2.05, 4.69) is 52.1 Å². The summed E-state index contributed by atoms with van der Waals surface area (Å²) in [6, 6.07) is 12.4. The number of hydrogen-bond donors (Lipinski definition) is 9. The molecule has 0 aliphatic carbocycles. The highest BCUT2D eigenvalue weighted by atomic mass is 16.5. The third-order valence-corrected chi connectivity index (χ3v) is 14.1. The molecule has 1 aromatic heterocycles. The number of carbonyl (C=O) groups excluding carboxylic acids is 10. The third-order valence-electron chi connectivity index (χ3n) is 14.1. The van der Waals surface area contributed by atoms with Gasteiger partial charge in [-0.15, -0.1) is 0 Å². The molecular weight excluding hydrogens is 1080 g/mol. The number of alkyl carbamates (subject to hydrolysis) is 1. The second kappa shape index (κ2) is 31.9. The summed E-state index contributed by atoms with van der Waals surface area (Å²) in [5, 5.41) is 19.1. The molecule has 450 valence electrons. The zero-order valence-electron chi connectivity index (χ0n) is 48.1. The van der Waals surface area contributed by atoms with Crippen LogP contribution in [0.3, 0.4) is 0 Å². The van der Waals surface area contributed by atoms with Gasteiger partial charge in [0, 0.05) is 106 Å². The molecule has 0 saturated carbocycles. The number of nitrogens with two attached hydrogens (primary N) is 2. The number of hydrogen-bond acceptors (Lipinski definition) is 15. The molecule has 11 N–H and O–H groups in total. The number of urea groups is 1. The van der Waals surface area contributed by atoms with Crippen molar-refractivity contribution >= 4 is 94.2 Å². The lowest BCUT2D eigenvalue weighted by molar-refractivity contribution is -0.137. The van der Waals surface area contributed by atoms with E-state index in [0.29, 0.717) is 103 Å². The topological polar surface area (TPSA) is 351 Å². The Kier molecular flexibility index (Phi) is 24.3. The van der Waals surface area contributed by atoms with E-state index in [9.17, 15) is 47.9 Å². The lowest BCUT2D eigenvalue weighted by atomic mass is 9.96. The van der Waals surface area contributed by atoms with E-state index in [0.717, 1.165) is 17.7 Å². The SMILES string of the molecule is CCCN(CCC)C(=O)C1=Cc2ccc(C(=O)Nc3ccc(N4CCC(C(=O)NCCNC(=O)OCc5ccc(NC(=O)[C@@H](CCCNC(N)=O)NC(=O)[C@H](NC(=O)CCCCN6C(=O)C=CC6=O)C(C)C)cc5)CC4)nc3)cc2N=C(N)C1. The van der Waals surface area contributed by atoms with E-state index < -0.39 is 53.7 Å². The highest BCUT2D eigenvalue weighted by molar-refractivity contribution is 6.13. The van der Waals surface area contributed by atoms with Crippen LogP contribution in [0, 0.1) is 11.8 Å². The maximum absolute atomic E-state index is 13.6. The average molecular weight is 1160 g/mol. The lowest BCUT2D eigenvalue weighted by Crippen LogP contribution is -2.54. The Morgan fingerprint density at radius 3 is 2.13 bits per heavy atom. The second-order valence-corrected chi connectivity index (χ2v) is 21.0. The van der Waals surface area contributed by atoms with Crippen LogP contribution in [0.2, 0.25) is 0 Å². The zero-order chi connectivity index (χ0) is 60.7. The van der Waals surface area contributed by atoms with E-state index >= 15 is 0 Å². The van der Waals surface area contributed by atoms with Gasteiger partial charge in [-0.25, -0.2) is 19.6 Å². The van der Waals surface area contributed by atoms with Gasteiger partial charge in [-0.1, -0.05) is 45.9 Å². The van der Waals surface area contributed by atoms with Crippen molar-refractivity contribution in [1.82, 2.24) is 41.4 Å². The van der Waals surface area contributed by atoms with Crippen LogP contribution in [-0.4, -0.2) is 144 Å². The van der Waals surface area contributed by atoms with Crippen LogP contribution in [0.5, 0.6) is 0 Å². The summed E-state index contributed by atoms with van der Waals surface area (Å²) in [6.45, 7) is 10.5. The number of aliphatic imine (C=N–C) groups is 1. The van der Waals surface area contributed by atoms with Crippen LogP contribution >= 0.6 is 0 Å². The van der Waals surface area contributed by atoms with Gasteiger partial charge in [0.25, 0.3) is 17.7 Å². The van der Waals surface area contributed by atoms with E-state index in [1.165, 1.54) is 12.2 Å². The fourth-order valence-electron chi connectivity index (χ4n) is 9.59. The third kappa shape index (κ3) is 19.5. The number of carbonyl (C=O) groups is 10. The molecule has 0 spiro atoms. The molecule has 25 heteroatoms. The van der Waals surface area contributed by atoms with Crippen LogP contribution in [0.15, 0.2) is 83.5 Å². The highest BCUT2D eigenvalue weighted by Crippen LogP contribution is 2.30. The Balaban J connectivity index is 0.878. The smallest absolute Gasteiger partial charge is 0.407 e. The number of fused-ring (bicyclic) bond motifs is 1. The van der Waals surface area contributed by atoms with Crippen molar-refractivity contribution in [2.75, 3.05) is 67.9 Å². The van der Waals surface area contributed by atoms with Crippen molar-refractivity contribution in [3.05, 3.63) is 95.2 Å². The number of ether oxygens (including phenoxy) is 1. The summed E-state index contributed by atoms with van der Waals surface area (Å²) < 4.78 is 5.36. The second-order valence-electron chi connectivity index (χ2n) is 21.0. The molecule has 0 radical (unpaired) electrons. The quantitative estimate of drug-likeness (QED) is 0.0349. The number of nitrogens with one attached hydrogen (secondary N) is 7. The summed E-state index contributed by atoms with van der Waals surface area (Å²) in [7, 11) is 0. The summed E-state index contributed by atoms with van der Waals surface area (Å²) in [4.78, 5) is 141. The van der Waals surface area contributed by atoms with Gasteiger partial charge in [-0.05, 0) is 105 Å². The predicted octanol–water partition coefficient (Wildman–Crippen LogP) is 4.13. The molecule has 0 unspecified atom stereocenters. The van der Waals surface area contributed by atoms with E-state index in [1.807, 2.05) is 24.8 Å². The first kappa shape index (κ1) is 64.0. The summed E-state index contributed by atoms with van der Waals surface area (Å²) in [6.07, 6.45) is 9.33. The first-order valence-corrected chi connectivity index (χ1v) is 28.6. The number of anilines is 3. The molecule has 2 aromatic carbocycles. The molecule has 0 bridgehead atoms. The molecule has 84 heavy (non-hydrogen) atoms. The fourth-order valence-corrected chi connectivity index (χ4v) is 9.59. The minimum absolute atomic E-state index is 0.0420. The number of amidine groups is 1. The number of rotatable bonds is 29. The van der Waals surface area contributed by atoms with Gasteiger partial charge in [0.1, 0.15) is 30.3 Å². The fraction of sp³-hybridized carbons (Fsp3) is 0.458. The maximum atomic E-state index is 13.6. The number of primary amides is 1. The Morgan fingerprint density at radius 2 is 1.48 bits per heavy atom. The highest BCUT2D eigenvalue weighted by Gasteiger charge is 2.30. The molecule has 11 amide bonds. The average Bonchev–Trinajstić information content (AvgIpc) is 3.91. The first-order valence-electron chi connectivity index (χ1n) is 28.6. The molecule has 3 aliphatic heterocycles. The molecule has 3 aliphatic rings. The van der Waals surface area contributed by atoms with Crippen LogP contribution in [0.25, 0.3) is 6.08 Å². The minimum Gasteiger partial charge on any atom is -0.445 e. The van der Waals surface area contributed by atoms with Gasteiger partial charge in [0.05, 0.1) is 17.6 Å². The number of piperidine rings is 1. The molecule has 25 nitrogen and oxygen atoms in total. The predicted molar refractivity (Wildman–Crippen MR) is 316 cm³/mol. The Morgan fingerprint density at radius 1 is 0.786 bits per heavy atom. The van der Waals surface area contributed by atoms with Crippen LogP contribution in [0.4, 0.5) is 32.5 Å². The Labute approximate surface area is 488 Å². The van der Waals surface area contributed by atoms with Gasteiger partial charge < -0.3 is 63.2 Å². The zero-order valence-corrected chi connectivity index (χ0v) is 48.1. The standard InChI is InChI=1S/C59H78N14O11/c1-5-27-72(28-6-2)57(81)42-32-40-14-15-41(33-46(40)68-47(60)34-42)54(78)67-44-18-19-48(65-35-44)71-30-22-39(23-31-71)53(77)62-25-26-64-59(83)84-36-38-12-16-43(17-13-38)66-55(79)45(10-9-24-63-58(61)82)69-56(80)52(37(3)4)70-49(74)11-7-8-29-73-50(75)20-21-51(73)76/h12-21,32-33,35,37,39,45,52H,5-11,22-31,34,36H2,1-4H3,(H2,60,68)(H,62,77)(H,64,83)(H,66,79)(H,67,78)(H,69,80)(H,70,74)(H3,61,63,82)/t45-,52-/m1/s1. The van der Waals surface area contributed by atoms with Gasteiger partial charge in [-0.3, -0.25) is 43.3 Å². The molecule has 1 fully saturated rings. The Bertz CT molecular complexity index is 2930. The molecule has 3 aromatic rings. The maximum Gasteiger partial charge on any atom is 0.407 e. The normalized spacial score (nSPS) is 14.7. The molecule has 1 saturated heterocycles. The van der Waals surface area contributed by atoms with Gasteiger partial charge >= 0.3 is 12.1 Å². The van der Waals surface area contributed by atoms with Crippen LogP contribution in [-0.2, 0) is 44.9 Å². The van der Waals surface area contributed by atoms with Gasteiger partial charge in [0.2, 0.25) is 29.5 Å². The monoisotopic (exact) mass is 1160 g/mol. The Hall–Kier alpha value is -9.16. The summed E-state index contributed by atoms with van der Waals surface area (Å²) in [5.74, 6) is -2.53. The molecule has 6 rings (SSSR count). The number of nitrogens with zero attached hydrogens (tertiary/aromatic N) is 5. The number of benzene rings is 2. The number of pyridine rings is 1. The van der Waals surface area contributed by atoms with Crippen molar-refractivity contribution < 1.29 is 52.7 Å². The van der Waals surface area contributed by atoms with Crippen molar-refractivity contribution in [3.63, 3.8) is 0 Å². The number of amides is 11.